The van der Waals surface area contributed by atoms with Crippen molar-refractivity contribution in [2.45, 2.75) is 5.25 Å². The average Bonchev–Trinajstić information content (AvgIpc) is 2.34. The monoisotopic (exact) mass is 268 g/mol. The van der Waals surface area contributed by atoms with E-state index >= 15 is 0 Å². The predicted molar refractivity (Wildman–Crippen MR) is 72.2 cm³/mol. The van der Waals surface area contributed by atoms with Crippen LogP contribution in [0, 0.1) is 10.1 Å². The van der Waals surface area contributed by atoms with Crippen molar-refractivity contribution in [1.82, 2.24) is 4.90 Å². The third kappa shape index (κ3) is 4.75. The second kappa shape index (κ2) is 7.00. The van der Waals surface area contributed by atoms with Gasteiger partial charge in [-0.15, -0.1) is 11.8 Å². The Labute approximate surface area is 110 Å². The number of nitrogens with zero attached hydrogens (tertiary/aromatic N) is 2. The van der Waals surface area contributed by atoms with Crippen molar-refractivity contribution in [2.24, 2.45) is 0 Å². The Hall–Kier alpha value is -1.56. The first-order valence-corrected chi connectivity index (χ1v) is 6.54. The first-order chi connectivity index (χ1) is 8.50. The topological polar surface area (TPSA) is 63.5 Å². The number of hydrogen-bond donors (Lipinski definition) is 0. The van der Waals surface area contributed by atoms with Crippen LogP contribution in [0.3, 0.4) is 0 Å². The minimum atomic E-state index is -0.342. The van der Waals surface area contributed by atoms with Crippen LogP contribution in [-0.4, -0.2) is 42.1 Å². The number of thioether (sulfide) groups is 1. The highest BCUT2D eigenvalue weighted by Gasteiger charge is 2.19. The lowest BCUT2D eigenvalue weighted by Gasteiger charge is -2.15. The van der Waals surface area contributed by atoms with Crippen molar-refractivity contribution in [1.29, 1.82) is 0 Å². The molecule has 0 spiro atoms. The quantitative estimate of drug-likeness (QED) is 0.583. The zero-order chi connectivity index (χ0) is 13.5. The van der Waals surface area contributed by atoms with E-state index in [1.807, 2.05) is 30.3 Å². The van der Waals surface area contributed by atoms with Crippen molar-refractivity contribution >= 4 is 17.7 Å². The molecular weight excluding hydrogens is 252 g/mol. The van der Waals surface area contributed by atoms with Crippen molar-refractivity contribution in [2.75, 3.05) is 26.4 Å². The highest BCUT2D eigenvalue weighted by Crippen LogP contribution is 2.28. The molecule has 0 heterocycles. The van der Waals surface area contributed by atoms with Crippen LogP contribution < -0.4 is 0 Å². The average molecular weight is 268 g/mol. The molecule has 0 bridgehead atoms. The Morgan fingerprint density at radius 2 is 2.00 bits per heavy atom. The van der Waals surface area contributed by atoms with E-state index in [-0.39, 0.29) is 28.4 Å². The summed E-state index contributed by atoms with van der Waals surface area (Å²) in [5, 5.41) is 10.4. The van der Waals surface area contributed by atoms with Crippen LogP contribution in [-0.2, 0) is 4.79 Å². The normalized spacial score (nSPS) is 11.9. The van der Waals surface area contributed by atoms with Gasteiger partial charge in [0.05, 0.1) is 11.0 Å². The summed E-state index contributed by atoms with van der Waals surface area (Å²) in [6.07, 6.45) is 0. The molecule has 98 valence electrons. The van der Waals surface area contributed by atoms with Crippen LogP contribution in [0.5, 0.6) is 0 Å². The maximum absolute atomic E-state index is 11.5. The molecular formula is C12H16N2O3S. The Morgan fingerprint density at radius 1 is 1.39 bits per heavy atom. The van der Waals surface area contributed by atoms with Crippen LogP contribution in [0.15, 0.2) is 30.3 Å². The highest BCUT2D eigenvalue weighted by molar-refractivity contribution is 8.00. The Balaban J connectivity index is 2.68. The fourth-order valence-electron chi connectivity index (χ4n) is 1.36. The van der Waals surface area contributed by atoms with Crippen molar-refractivity contribution in [3.8, 4) is 0 Å². The zero-order valence-electron chi connectivity index (χ0n) is 10.4. The zero-order valence-corrected chi connectivity index (χ0v) is 11.2. The van der Waals surface area contributed by atoms with Crippen molar-refractivity contribution in [3.05, 3.63) is 46.0 Å². The predicted octanol–water partition coefficient (Wildman–Crippen LogP) is 1.83. The molecule has 0 aliphatic carbocycles. The van der Waals surface area contributed by atoms with E-state index in [1.165, 1.54) is 16.7 Å². The van der Waals surface area contributed by atoms with E-state index in [0.29, 0.717) is 0 Å². The van der Waals surface area contributed by atoms with Crippen LogP contribution in [0.4, 0.5) is 0 Å². The summed E-state index contributed by atoms with van der Waals surface area (Å²) in [6, 6.07) is 9.25. The molecule has 1 atom stereocenters. The van der Waals surface area contributed by atoms with E-state index in [0.717, 1.165) is 5.56 Å². The van der Waals surface area contributed by atoms with Gasteiger partial charge in [-0.25, -0.2) is 0 Å². The molecule has 1 unspecified atom stereocenters. The van der Waals surface area contributed by atoms with Gasteiger partial charge < -0.3 is 4.90 Å². The molecule has 0 saturated heterocycles. The van der Waals surface area contributed by atoms with Gasteiger partial charge in [-0.05, 0) is 5.56 Å². The lowest BCUT2D eigenvalue weighted by Crippen LogP contribution is -2.24. The van der Waals surface area contributed by atoms with E-state index in [9.17, 15) is 14.9 Å². The Bertz CT molecular complexity index is 409. The van der Waals surface area contributed by atoms with Crippen LogP contribution in [0.2, 0.25) is 0 Å². The van der Waals surface area contributed by atoms with Gasteiger partial charge >= 0.3 is 0 Å². The molecule has 18 heavy (non-hydrogen) atoms. The standard InChI is InChI=1S/C12H16N2O3S/c1-13(2)12(15)9-18-11(8-14(16)17)10-6-4-3-5-7-10/h3-7,11H,8-9H2,1-2H3. The first kappa shape index (κ1) is 14.5. The molecule has 0 fully saturated rings. The third-order valence-electron chi connectivity index (χ3n) is 2.39. The van der Waals surface area contributed by atoms with Crippen LogP contribution in [0.1, 0.15) is 10.8 Å². The summed E-state index contributed by atoms with van der Waals surface area (Å²) < 4.78 is 0. The van der Waals surface area contributed by atoms with Crippen molar-refractivity contribution < 1.29 is 9.72 Å². The Morgan fingerprint density at radius 3 is 2.50 bits per heavy atom. The van der Waals surface area contributed by atoms with Crippen molar-refractivity contribution in [3.63, 3.8) is 0 Å². The summed E-state index contributed by atoms with van der Waals surface area (Å²) >= 11 is 1.31. The van der Waals surface area contributed by atoms with Gasteiger partial charge in [-0.1, -0.05) is 30.3 Å². The number of hydrogen-bond acceptors (Lipinski definition) is 4. The fourth-order valence-corrected chi connectivity index (χ4v) is 2.54. The molecule has 0 saturated carbocycles. The molecule has 1 amide bonds. The van der Waals surface area contributed by atoms with Gasteiger partial charge in [0.1, 0.15) is 0 Å². The smallest absolute Gasteiger partial charge is 0.232 e. The molecule has 0 radical (unpaired) electrons. The lowest BCUT2D eigenvalue weighted by molar-refractivity contribution is -0.479. The lowest BCUT2D eigenvalue weighted by atomic mass is 10.1. The summed E-state index contributed by atoms with van der Waals surface area (Å²) in [5.41, 5.74) is 0.880. The van der Waals surface area contributed by atoms with Gasteiger partial charge in [0, 0.05) is 19.0 Å². The third-order valence-corrected chi connectivity index (χ3v) is 3.63. The molecule has 1 aromatic rings. The van der Waals surface area contributed by atoms with Gasteiger partial charge in [0.2, 0.25) is 12.5 Å². The number of rotatable bonds is 6. The number of amides is 1. The van der Waals surface area contributed by atoms with E-state index < -0.39 is 0 Å². The SMILES string of the molecule is CN(C)C(=O)CSC(C[N+](=O)[O-])c1ccccc1. The minimum Gasteiger partial charge on any atom is -0.348 e. The van der Waals surface area contributed by atoms with Gasteiger partial charge in [-0.2, -0.15) is 0 Å². The summed E-state index contributed by atoms with van der Waals surface area (Å²) in [7, 11) is 3.35. The minimum absolute atomic E-state index is 0.0377. The summed E-state index contributed by atoms with van der Waals surface area (Å²) in [6.45, 7) is -0.171. The van der Waals surface area contributed by atoms with E-state index in [1.54, 1.807) is 14.1 Å². The molecule has 0 aromatic heterocycles. The van der Waals surface area contributed by atoms with Gasteiger partial charge in [-0.3, -0.25) is 14.9 Å². The fraction of sp³-hybridized carbons (Fsp3) is 0.417. The number of nitro groups is 1. The second-order valence-corrected chi connectivity index (χ2v) is 5.20. The van der Waals surface area contributed by atoms with Crippen LogP contribution >= 0.6 is 11.8 Å². The molecule has 0 aliphatic heterocycles. The number of carbonyl (C=O) groups is 1. The Kier molecular flexibility index (Phi) is 5.64. The van der Waals surface area contributed by atoms with Gasteiger partial charge in [0.25, 0.3) is 0 Å². The number of carbonyl (C=O) groups excluding carboxylic acids is 1. The van der Waals surface area contributed by atoms with E-state index in [2.05, 4.69) is 0 Å². The first-order valence-electron chi connectivity index (χ1n) is 5.49. The largest absolute Gasteiger partial charge is 0.348 e. The molecule has 1 aromatic carbocycles. The molecule has 0 N–H and O–H groups in total. The molecule has 1 rings (SSSR count). The summed E-state index contributed by atoms with van der Waals surface area (Å²) in [4.78, 5) is 23.3. The molecule has 0 aliphatic rings. The maximum atomic E-state index is 11.5. The van der Waals surface area contributed by atoms with Gasteiger partial charge in [0.15, 0.2) is 0 Å². The summed E-state index contributed by atoms with van der Waals surface area (Å²) in [5.74, 6) is 0.213. The maximum Gasteiger partial charge on any atom is 0.232 e. The molecule has 6 heteroatoms. The number of benzene rings is 1. The highest BCUT2D eigenvalue weighted by atomic mass is 32.2. The van der Waals surface area contributed by atoms with Crippen LogP contribution in [0.25, 0.3) is 0 Å². The second-order valence-electron chi connectivity index (χ2n) is 4.01. The van der Waals surface area contributed by atoms with E-state index in [4.69, 9.17) is 0 Å². The molecule has 5 nitrogen and oxygen atoms in total.